The van der Waals surface area contributed by atoms with Crippen molar-refractivity contribution in [3.05, 3.63) is 57.6 Å². The first-order valence-electron chi connectivity index (χ1n) is 8.71. The van der Waals surface area contributed by atoms with E-state index in [1.807, 2.05) is 0 Å². The molecule has 0 radical (unpaired) electrons. The third-order valence-corrected chi connectivity index (χ3v) is 5.06. The number of hydrogen-bond donors (Lipinski definition) is 2. The molecule has 12 heteroatoms. The summed E-state index contributed by atoms with van der Waals surface area (Å²) >= 11 is 3.25. The molecule has 30 heavy (non-hydrogen) atoms. The minimum atomic E-state index is -5.00. The van der Waals surface area contributed by atoms with Crippen LogP contribution in [-0.4, -0.2) is 42.8 Å². The van der Waals surface area contributed by atoms with Crippen molar-refractivity contribution in [2.45, 2.75) is 24.7 Å². The third kappa shape index (κ3) is 4.24. The Bertz CT molecular complexity index is 1140. The number of nitrogens with one attached hydrogen (secondary N) is 1. The maximum Gasteiger partial charge on any atom is 0.424 e. The van der Waals surface area contributed by atoms with Crippen LogP contribution in [0.15, 0.2) is 46.2 Å². The van der Waals surface area contributed by atoms with Gasteiger partial charge in [-0.05, 0) is 18.2 Å². The summed E-state index contributed by atoms with van der Waals surface area (Å²) in [5.41, 5.74) is -3.24. The van der Waals surface area contributed by atoms with Crippen LogP contribution in [0.4, 0.5) is 13.2 Å². The van der Waals surface area contributed by atoms with Gasteiger partial charge in [0.1, 0.15) is 12.4 Å². The van der Waals surface area contributed by atoms with Crippen LogP contribution in [0.3, 0.4) is 0 Å². The number of alkyl halides is 3. The fourth-order valence-corrected chi connectivity index (χ4v) is 3.34. The summed E-state index contributed by atoms with van der Waals surface area (Å²) in [6, 6.07) is 4.92. The number of nitrogens with zero attached hydrogens (tertiary/aromatic N) is 4. The van der Waals surface area contributed by atoms with Gasteiger partial charge < -0.3 is 15.0 Å². The zero-order valence-electron chi connectivity index (χ0n) is 15.6. The molecule has 0 spiro atoms. The van der Waals surface area contributed by atoms with Crippen molar-refractivity contribution in [3.63, 3.8) is 0 Å². The topological polar surface area (TPSA) is 102 Å². The summed E-state index contributed by atoms with van der Waals surface area (Å²) in [6.45, 7) is -0.913. The number of amides is 1. The van der Waals surface area contributed by atoms with Crippen molar-refractivity contribution in [1.29, 1.82) is 0 Å². The quantitative estimate of drug-likeness (QED) is 0.552. The van der Waals surface area contributed by atoms with Gasteiger partial charge >= 0.3 is 6.18 Å². The highest BCUT2D eigenvalue weighted by atomic mass is 79.9. The number of aryl methyl sites for hydroxylation is 1. The number of aromatic nitrogens is 4. The Hall–Kier alpha value is -2.73. The van der Waals surface area contributed by atoms with Gasteiger partial charge in [-0.3, -0.25) is 14.2 Å². The zero-order valence-corrected chi connectivity index (χ0v) is 17.2. The van der Waals surface area contributed by atoms with Gasteiger partial charge in [-0.1, -0.05) is 15.9 Å². The van der Waals surface area contributed by atoms with Crippen LogP contribution in [0.25, 0.3) is 10.9 Å². The normalized spacial score (nSPS) is 13.9. The summed E-state index contributed by atoms with van der Waals surface area (Å²) in [7, 11) is 1.33. The smallest absolute Gasteiger partial charge is 0.374 e. The van der Waals surface area contributed by atoms with E-state index in [1.165, 1.54) is 19.6 Å². The average Bonchev–Trinajstić information content (AvgIpc) is 3.10. The van der Waals surface area contributed by atoms with Crippen LogP contribution < -0.4 is 10.9 Å². The minimum absolute atomic E-state index is 0.293. The van der Waals surface area contributed by atoms with Gasteiger partial charge in [0.2, 0.25) is 11.5 Å². The lowest BCUT2D eigenvalue weighted by molar-refractivity contribution is -0.272. The fraction of sp³-hybridized carbons (Fsp3) is 0.333. The van der Waals surface area contributed by atoms with E-state index in [0.29, 0.717) is 15.4 Å². The summed E-state index contributed by atoms with van der Waals surface area (Å²) in [5, 5.41) is 12.8. The van der Waals surface area contributed by atoms with Gasteiger partial charge in [-0.25, -0.2) is 9.97 Å². The molecular weight excluding hydrogens is 471 g/mol. The first-order valence-corrected chi connectivity index (χ1v) is 9.50. The molecular formula is C18H17BrF3N5O3. The van der Waals surface area contributed by atoms with Crippen LogP contribution in [0.1, 0.15) is 12.2 Å². The molecule has 160 valence electrons. The molecule has 3 rings (SSSR count). The molecule has 0 saturated heterocycles. The van der Waals surface area contributed by atoms with Crippen molar-refractivity contribution in [1.82, 2.24) is 24.4 Å². The Balaban J connectivity index is 1.70. The van der Waals surface area contributed by atoms with E-state index in [0.717, 1.165) is 15.3 Å². The third-order valence-electron chi connectivity index (χ3n) is 4.57. The Morgan fingerprint density at radius 3 is 2.67 bits per heavy atom. The summed E-state index contributed by atoms with van der Waals surface area (Å²) in [5.74, 6) is -1.28. The maximum atomic E-state index is 13.5. The molecule has 8 nitrogen and oxygen atoms in total. The molecule has 1 atom stereocenters. The Kier molecular flexibility index (Phi) is 5.99. The molecule has 2 heterocycles. The minimum Gasteiger partial charge on any atom is -0.374 e. The second-order valence-electron chi connectivity index (χ2n) is 6.66. The van der Waals surface area contributed by atoms with Gasteiger partial charge in [0.05, 0.1) is 17.2 Å². The van der Waals surface area contributed by atoms with Gasteiger partial charge in [0.25, 0.3) is 5.56 Å². The number of fused-ring (bicyclic) bond motifs is 1. The number of carbonyl (C=O) groups excluding carboxylic acids is 1. The number of halogens is 4. The SMILES string of the molecule is Cn1ccnc1C(O)(CCNC(=O)Cn1cnc2ccc(Br)cc2c1=O)C(F)(F)F. The molecule has 0 aliphatic rings. The van der Waals surface area contributed by atoms with Crippen molar-refractivity contribution in [2.75, 3.05) is 6.54 Å². The molecule has 2 N–H and O–H groups in total. The predicted octanol–water partition coefficient (Wildman–Crippen LogP) is 1.85. The summed E-state index contributed by atoms with van der Waals surface area (Å²) in [4.78, 5) is 32.3. The second kappa shape index (κ2) is 8.19. The molecule has 0 saturated carbocycles. The molecule has 0 aliphatic heterocycles. The maximum absolute atomic E-state index is 13.5. The van der Waals surface area contributed by atoms with Crippen LogP contribution in [0, 0.1) is 0 Å². The summed E-state index contributed by atoms with van der Waals surface area (Å²) in [6.07, 6.45) is -2.23. The number of rotatable bonds is 6. The van der Waals surface area contributed by atoms with Gasteiger partial charge in [0, 0.05) is 36.9 Å². The highest BCUT2D eigenvalue weighted by molar-refractivity contribution is 9.10. The van der Waals surface area contributed by atoms with Crippen LogP contribution in [0.2, 0.25) is 0 Å². The Labute approximate surface area is 176 Å². The lowest BCUT2D eigenvalue weighted by Gasteiger charge is -2.30. The fourth-order valence-electron chi connectivity index (χ4n) is 2.98. The number of aliphatic hydroxyl groups is 1. The lowest BCUT2D eigenvalue weighted by atomic mass is 9.97. The molecule has 2 aromatic heterocycles. The van der Waals surface area contributed by atoms with Gasteiger partial charge in [-0.15, -0.1) is 0 Å². The largest absolute Gasteiger partial charge is 0.424 e. The van der Waals surface area contributed by atoms with Crippen molar-refractivity contribution in [2.24, 2.45) is 7.05 Å². The van der Waals surface area contributed by atoms with E-state index in [1.54, 1.807) is 18.2 Å². The highest BCUT2D eigenvalue weighted by Crippen LogP contribution is 2.40. The van der Waals surface area contributed by atoms with Gasteiger partial charge in [0.15, 0.2) is 0 Å². The first-order chi connectivity index (χ1) is 14.0. The predicted molar refractivity (Wildman–Crippen MR) is 104 cm³/mol. The van der Waals surface area contributed by atoms with Crippen molar-refractivity contribution < 1.29 is 23.1 Å². The van der Waals surface area contributed by atoms with E-state index in [9.17, 15) is 27.9 Å². The van der Waals surface area contributed by atoms with Gasteiger partial charge in [-0.2, -0.15) is 13.2 Å². The first kappa shape index (κ1) is 22.0. The molecule has 1 unspecified atom stereocenters. The molecule has 1 amide bonds. The Morgan fingerprint density at radius 2 is 2.03 bits per heavy atom. The number of carbonyl (C=O) groups is 1. The Morgan fingerprint density at radius 1 is 1.30 bits per heavy atom. The lowest BCUT2D eigenvalue weighted by Crippen LogP contribution is -2.47. The molecule has 3 aromatic rings. The van der Waals surface area contributed by atoms with Crippen molar-refractivity contribution in [3.8, 4) is 0 Å². The number of benzene rings is 1. The number of hydrogen-bond acceptors (Lipinski definition) is 5. The highest BCUT2D eigenvalue weighted by Gasteiger charge is 2.57. The molecule has 0 aliphatic carbocycles. The van der Waals surface area contributed by atoms with Crippen LogP contribution >= 0.6 is 15.9 Å². The van der Waals surface area contributed by atoms with E-state index in [-0.39, 0.29) is 0 Å². The summed E-state index contributed by atoms with van der Waals surface area (Å²) < 4.78 is 43.2. The molecule has 0 bridgehead atoms. The van der Waals surface area contributed by atoms with E-state index >= 15 is 0 Å². The molecule has 0 fully saturated rings. The van der Waals surface area contributed by atoms with E-state index in [4.69, 9.17) is 0 Å². The van der Waals surface area contributed by atoms with E-state index < -0.39 is 48.6 Å². The monoisotopic (exact) mass is 487 g/mol. The average molecular weight is 488 g/mol. The second-order valence-corrected chi connectivity index (χ2v) is 7.57. The standard InChI is InChI=1S/C18H17BrF3N5O3/c1-26-7-6-24-16(26)17(30,18(20,21)22)4-5-23-14(28)9-27-10-25-13-3-2-11(19)8-12(13)15(27)29/h2-3,6-8,10,30H,4-5,9H2,1H3,(H,23,28). The van der Waals surface area contributed by atoms with Crippen LogP contribution in [-0.2, 0) is 24.0 Å². The number of imidazole rings is 1. The van der Waals surface area contributed by atoms with E-state index in [2.05, 4.69) is 31.2 Å². The van der Waals surface area contributed by atoms with Crippen molar-refractivity contribution >= 4 is 32.7 Å². The zero-order chi connectivity index (χ0) is 22.1. The van der Waals surface area contributed by atoms with Crippen LogP contribution in [0.5, 0.6) is 0 Å². The molecule has 1 aromatic carbocycles.